The lowest BCUT2D eigenvalue weighted by Gasteiger charge is -2.40. The van der Waals surface area contributed by atoms with Crippen LogP contribution in [-0.4, -0.2) is 74.3 Å². The first-order chi connectivity index (χ1) is 10.8. The zero-order valence-corrected chi connectivity index (χ0v) is 25.8. The maximum atomic E-state index is 6.38. The van der Waals surface area contributed by atoms with E-state index in [1.54, 1.807) is 0 Å². The molecule has 0 aliphatic carbocycles. The zero-order chi connectivity index (χ0) is 18.5. The van der Waals surface area contributed by atoms with Crippen molar-refractivity contribution in [3.8, 4) is 0 Å². The standard InChI is InChI=1S/C8H32O8Si8/c1-21(2)12-19-10-17-9-18-11-20-13-22(3,4)15-24(7,8)16-23(5,6)14-21/h17-20H2,1-8H3. The summed E-state index contributed by atoms with van der Waals surface area (Å²) in [6.07, 6.45) is 0. The van der Waals surface area contributed by atoms with E-state index in [1.165, 1.54) is 0 Å². The fourth-order valence-corrected chi connectivity index (χ4v) is 27.6. The first-order valence-corrected chi connectivity index (χ1v) is 23.8. The minimum atomic E-state index is -2.38. The van der Waals surface area contributed by atoms with Crippen LogP contribution in [0.3, 0.4) is 0 Å². The molecule has 0 saturated carbocycles. The third kappa shape index (κ3) is 10.5. The quantitative estimate of drug-likeness (QED) is 0.406. The molecule has 0 N–H and O–H groups in total. The summed E-state index contributed by atoms with van der Waals surface area (Å²) in [5.41, 5.74) is 0. The van der Waals surface area contributed by atoms with E-state index in [0.717, 1.165) is 0 Å². The summed E-state index contributed by atoms with van der Waals surface area (Å²) >= 11 is 0. The van der Waals surface area contributed by atoms with Crippen LogP contribution in [0.5, 0.6) is 0 Å². The van der Waals surface area contributed by atoms with Crippen LogP contribution in [0.2, 0.25) is 52.4 Å². The fourth-order valence-electron chi connectivity index (χ4n) is 2.46. The van der Waals surface area contributed by atoms with Gasteiger partial charge in [-0.2, -0.15) is 0 Å². The highest BCUT2D eigenvalue weighted by Gasteiger charge is 2.44. The molecule has 0 bridgehead atoms. The summed E-state index contributed by atoms with van der Waals surface area (Å²) in [4.78, 5) is 0. The molecule has 0 aromatic rings. The van der Waals surface area contributed by atoms with Crippen molar-refractivity contribution in [1.82, 2.24) is 0 Å². The summed E-state index contributed by atoms with van der Waals surface area (Å²) in [5, 5.41) is 0. The molecule has 0 atom stereocenters. The molecule has 1 rings (SSSR count). The van der Waals surface area contributed by atoms with Crippen molar-refractivity contribution in [1.29, 1.82) is 0 Å². The van der Waals surface area contributed by atoms with Gasteiger partial charge in [0.1, 0.15) is 0 Å². The van der Waals surface area contributed by atoms with E-state index in [1.807, 2.05) is 52.4 Å². The molecule has 0 unspecified atom stereocenters. The number of hydrogen-bond donors (Lipinski definition) is 0. The second-order valence-corrected chi connectivity index (χ2v) is 29.1. The van der Waals surface area contributed by atoms with Crippen molar-refractivity contribution < 1.29 is 32.9 Å². The number of hydrogen-bond acceptors (Lipinski definition) is 8. The van der Waals surface area contributed by atoms with Crippen molar-refractivity contribution in [2.24, 2.45) is 0 Å². The maximum Gasteiger partial charge on any atom is 0.314 e. The van der Waals surface area contributed by atoms with Gasteiger partial charge in [-0.3, -0.25) is 0 Å². The van der Waals surface area contributed by atoms with Gasteiger partial charge in [-0.05, 0) is 52.4 Å². The Balaban J connectivity index is 2.81. The molecule has 1 aliphatic heterocycles. The van der Waals surface area contributed by atoms with E-state index in [0.29, 0.717) is 0 Å². The van der Waals surface area contributed by atoms with Gasteiger partial charge in [0.15, 0.2) is 0 Å². The molecule has 1 saturated heterocycles. The number of rotatable bonds is 0. The van der Waals surface area contributed by atoms with Gasteiger partial charge in [-0.25, -0.2) is 0 Å². The average Bonchev–Trinajstić information content (AvgIpc) is 2.30. The third-order valence-corrected chi connectivity index (χ3v) is 25.1. The van der Waals surface area contributed by atoms with E-state index in [-0.39, 0.29) is 0 Å². The molecule has 0 amide bonds. The van der Waals surface area contributed by atoms with Gasteiger partial charge >= 0.3 is 34.2 Å². The Morgan fingerprint density at radius 2 is 0.708 bits per heavy atom. The van der Waals surface area contributed by atoms with Gasteiger partial charge < -0.3 is 32.9 Å². The highest BCUT2D eigenvalue weighted by atomic mass is 28.5. The fraction of sp³-hybridized carbons (Fsp3) is 1.00. The van der Waals surface area contributed by atoms with Crippen LogP contribution < -0.4 is 0 Å². The van der Waals surface area contributed by atoms with Crippen molar-refractivity contribution in [3.63, 3.8) is 0 Å². The van der Waals surface area contributed by atoms with Crippen LogP contribution in [0.25, 0.3) is 0 Å². The molecule has 144 valence electrons. The first-order valence-electron chi connectivity index (χ1n) is 7.94. The van der Waals surface area contributed by atoms with Crippen LogP contribution in [0.4, 0.5) is 0 Å². The van der Waals surface area contributed by atoms with Crippen molar-refractivity contribution in [2.75, 3.05) is 0 Å². The van der Waals surface area contributed by atoms with Crippen molar-refractivity contribution in [2.45, 2.75) is 52.4 Å². The van der Waals surface area contributed by atoms with Crippen LogP contribution in [0.1, 0.15) is 0 Å². The highest BCUT2D eigenvalue weighted by Crippen LogP contribution is 2.24. The molecule has 1 aliphatic rings. The van der Waals surface area contributed by atoms with Gasteiger partial charge in [0.2, 0.25) is 0 Å². The molecular weight excluding hydrogens is 449 g/mol. The highest BCUT2D eigenvalue weighted by molar-refractivity contribution is 6.88. The largest absolute Gasteiger partial charge is 0.425 e. The van der Waals surface area contributed by atoms with E-state index < -0.39 is 74.3 Å². The van der Waals surface area contributed by atoms with Crippen LogP contribution in [0.15, 0.2) is 0 Å². The molecule has 0 aromatic heterocycles. The van der Waals surface area contributed by atoms with E-state index in [4.69, 9.17) is 32.9 Å². The predicted octanol–water partition coefficient (Wildman–Crippen LogP) is -1.06. The SMILES string of the molecule is C[Si]1(C)O[SiH2]O[SiH2]O[SiH2]O[SiH2]O[Si](C)(C)O[Si](C)(C)O[Si](C)(C)O1. The second kappa shape index (κ2) is 9.56. The predicted molar refractivity (Wildman–Crippen MR) is 113 cm³/mol. The monoisotopic (exact) mass is 480 g/mol. The third-order valence-electron chi connectivity index (χ3n) is 2.79. The zero-order valence-electron chi connectivity index (χ0n) is 16.1. The molecule has 8 nitrogen and oxygen atoms in total. The van der Waals surface area contributed by atoms with Gasteiger partial charge in [0, 0.05) is 0 Å². The van der Waals surface area contributed by atoms with Crippen molar-refractivity contribution in [3.05, 3.63) is 0 Å². The Morgan fingerprint density at radius 1 is 0.417 bits per heavy atom. The van der Waals surface area contributed by atoms with Crippen LogP contribution in [-0.2, 0) is 32.9 Å². The summed E-state index contributed by atoms with van der Waals surface area (Å²) < 4.78 is 47.7. The van der Waals surface area contributed by atoms with Gasteiger partial charge in [-0.1, -0.05) is 0 Å². The molecule has 16 heteroatoms. The Bertz CT molecular complexity index is 360. The summed E-state index contributed by atoms with van der Waals surface area (Å²) in [5.74, 6) is 0. The molecular formula is C8H32O8Si8. The Labute approximate surface area is 159 Å². The summed E-state index contributed by atoms with van der Waals surface area (Å²) in [6, 6.07) is 0. The Kier molecular flexibility index (Phi) is 9.34. The van der Waals surface area contributed by atoms with Gasteiger partial charge in [-0.15, -0.1) is 0 Å². The Morgan fingerprint density at radius 3 is 1.08 bits per heavy atom. The Hall–Kier alpha value is 1.42. The average molecular weight is 481 g/mol. The minimum Gasteiger partial charge on any atom is -0.425 e. The van der Waals surface area contributed by atoms with Gasteiger partial charge in [0.05, 0.1) is 0 Å². The van der Waals surface area contributed by atoms with E-state index in [9.17, 15) is 0 Å². The molecule has 1 fully saturated rings. The van der Waals surface area contributed by atoms with Crippen molar-refractivity contribution >= 4 is 74.3 Å². The minimum absolute atomic E-state index is 0.997. The lowest BCUT2D eigenvalue weighted by Crippen LogP contribution is -2.58. The molecule has 0 aromatic carbocycles. The molecule has 24 heavy (non-hydrogen) atoms. The summed E-state index contributed by atoms with van der Waals surface area (Å²) in [6.45, 7) is 16.3. The van der Waals surface area contributed by atoms with Crippen LogP contribution >= 0.6 is 0 Å². The molecule has 1 heterocycles. The topological polar surface area (TPSA) is 73.8 Å². The molecule has 0 radical (unpaired) electrons. The van der Waals surface area contributed by atoms with Gasteiger partial charge in [0.25, 0.3) is 40.0 Å². The van der Waals surface area contributed by atoms with E-state index in [2.05, 4.69) is 0 Å². The van der Waals surface area contributed by atoms with E-state index >= 15 is 0 Å². The lowest BCUT2D eigenvalue weighted by molar-refractivity contribution is 0.273. The maximum absolute atomic E-state index is 6.38. The lowest BCUT2D eigenvalue weighted by atomic mass is 11.9. The second-order valence-electron chi connectivity index (χ2n) is 7.28. The molecule has 0 spiro atoms. The summed E-state index contributed by atoms with van der Waals surface area (Å²) in [7, 11) is -13.5. The smallest absolute Gasteiger partial charge is 0.314 e. The van der Waals surface area contributed by atoms with Crippen LogP contribution in [0, 0.1) is 0 Å². The normalized spacial score (nSPS) is 33.0. The first kappa shape index (κ1) is 23.5.